The van der Waals surface area contributed by atoms with E-state index in [1.54, 1.807) is 24.5 Å². The van der Waals surface area contributed by atoms with Crippen molar-refractivity contribution in [1.29, 1.82) is 0 Å². The van der Waals surface area contributed by atoms with Crippen molar-refractivity contribution in [2.45, 2.75) is 18.9 Å². The average Bonchev–Trinajstić information content (AvgIpc) is 2.72. The highest BCUT2D eigenvalue weighted by Gasteiger charge is 2.17. The Morgan fingerprint density at radius 3 is 2.42 bits per heavy atom. The molecule has 1 atom stereocenters. The Morgan fingerprint density at radius 2 is 1.69 bits per heavy atom. The van der Waals surface area contributed by atoms with E-state index in [-0.39, 0.29) is 11.9 Å². The predicted molar refractivity (Wildman–Crippen MR) is 106 cm³/mol. The number of amides is 1. The molecule has 0 saturated carbocycles. The van der Waals surface area contributed by atoms with Crippen LogP contribution in [0.5, 0.6) is 0 Å². The molecule has 0 fully saturated rings. The monoisotopic (exact) mass is 342 g/mol. The van der Waals surface area contributed by atoms with Crippen molar-refractivity contribution in [2.75, 3.05) is 0 Å². The van der Waals surface area contributed by atoms with Crippen LogP contribution in [0.3, 0.4) is 0 Å². The summed E-state index contributed by atoms with van der Waals surface area (Å²) in [7, 11) is 0. The Kier molecular flexibility index (Phi) is 5.94. The maximum absolute atomic E-state index is 12.7. The molecule has 3 aromatic rings. The van der Waals surface area contributed by atoms with Crippen LogP contribution >= 0.6 is 0 Å². The average molecular weight is 342 g/mol. The Balaban J connectivity index is 1.83. The minimum atomic E-state index is -0.0932. The van der Waals surface area contributed by atoms with Gasteiger partial charge in [0.1, 0.15) is 0 Å². The van der Waals surface area contributed by atoms with Gasteiger partial charge in [-0.15, -0.1) is 0 Å². The summed E-state index contributed by atoms with van der Waals surface area (Å²) < 4.78 is 0. The first-order chi connectivity index (χ1) is 12.8. The molecule has 1 heterocycles. The number of rotatable bonds is 7. The van der Waals surface area contributed by atoms with E-state index in [9.17, 15) is 4.79 Å². The lowest BCUT2D eigenvalue weighted by Crippen LogP contribution is -2.29. The van der Waals surface area contributed by atoms with E-state index in [1.807, 2.05) is 42.5 Å². The van der Waals surface area contributed by atoms with Crippen LogP contribution in [0.1, 0.15) is 39.5 Å². The Bertz CT molecular complexity index is 860. The lowest BCUT2D eigenvalue weighted by atomic mass is 9.94. The van der Waals surface area contributed by atoms with Crippen molar-refractivity contribution < 1.29 is 4.79 Å². The maximum atomic E-state index is 12.7. The molecule has 26 heavy (non-hydrogen) atoms. The fraction of sp³-hybridized carbons (Fsp3) is 0.130. The third-order valence-electron chi connectivity index (χ3n) is 4.40. The summed E-state index contributed by atoms with van der Waals surface area (Å²) in [5.74, 6) is -0.0932. The van der Waals surface area contributed by atoms with Crippen LogP contribution in [0.25, 0.3) is 6.08 Å². The number of hydrogen-bond donors (Lipinski definition) is 1. The van der Waals surface area contributed by atoms with Gasteiger partial charge in [-0.1, -0.05) is 67.3 Å². The van der Waals surface area contributed by atoms with E-state index in [2.05, 4.69) is 35.1 Å². The van der Waals surface area contributed by atoms with Crippen molar-refractivity contribution >= 4 is 12.0 Å². The number of pyridine rings is 1. The summed E-state index contributed by atoms with van der Waals surface area (Å²) >= 11 is 0. The van der Waals surface area contributed by atoms with Crippen LogP contribution < -0.4 is 5.32 Å². The Labute approximate surface area is 154 Å². The number of aromatic nitrogens is 1. The summed E-state index contributed by atoms with van der Waals surface area (Å²) in [6.07, 6.45) is 6.79. The highest BCUT2D eigenvalue weighted by atomic mass is 16.1. The van der Waals surface area contributed by atoms with Crippen LogP contribution in [-0.2, 0) is 6.42 Å². The zero-order valence-corrected chi connectivity index (χ0v) is 14.6. The van der Waals surface area contributed by atoms with Crippen LogP contribution in [-0.4, -0.2) is 10.9 Å². The number of benzene rings is 2. The molecule has 3 nitrogen and oxygen atoms in total. The molecular weight excluding hydrogens is 320 g/mol. The largest absolute Gasteiger partial charge is 0.345 e. The van der Waals surface area contributed by atoms with Gasteiger partial charge in [0.25, 0.3) is 5.91 Å². The summed E-state index contributed by atoms with van der Waals surface area (Å²) in [5, 5.41) is 3.18. The lowest BCUT2D eigenvalue weighted by molar-refractivity contribution is 0.0934. The molecule has 2 aromatic carbocycles. The highest BCUT2D eigenvalue weighted by molar-refractivity contribution is 5.94. The van der Waals surface area contributed by atoms with Crippen molar-refractivity contribution in [2.24, 2.45) is 0 Å². The van der Waals surface area contributed by atoms with Crippen LogP contribution in [0.2, 0.25) is 0 Å². The topological polar surface area (TPSA) is 42.0 Å². The minimum absolute atomic E-state index is 0.0925. The number of aryl methyl sites for hydroxylation is 1. The number of carbonyl (C=O) groups is 1. The predicted octanol–water partition coefficient (Wildman–Crippen LogP) is 4.83. The maximum Gasteiger partial charge on any atom is 0.251 e. The lowest BCUT2D eigenvalue weighted by Gasteiger charge is -2.21. The van der Waals surface area contributed by atoms with Gasteiger partial charge in [0.15, 0.2) is 0 Å². The molecule has 1 amide bonds. The summed E-state index contributed by atoms with van der Waals surface area (Å²) in [6, 6.07) is 21.7. The van der Waals surface area contributed by atoms with Crippen LogP contribution in [0.15, 0.2) is 85.7 Å². The second kappa shape index (κ2) is 8.77. The first-order valence-corrected chi connectivity index (χ1v) is 8.74. The van der Waals surface area contributed by atoms with Gasteiger partial charge < -0.3 is 5.32 Å². The summed E-state index contributed by atoms with van der Waals surface area (Å²) in [4.78, 5) is 16.6. The normalized spacial score (nSPS) is 11.5. The number of hydrogen-bond acceptors (Lipinski definition) is 2. The zero-order chi connectivity index (χ0) is 18.2. The van der Waals surface area contributed by atoms with E-state index >= 15 is 0 Å². The Hall–Kier alpha value is -3.20. The molecule has 1 N–H and O–H groups in total. The van der Waals surface area contributed by atoms with Crippen molar-refractivity contribution in [3.8, 4) is 0 Å². The van der Waals surface area contributed by atoms with Crippen molar-refractivity contribution in [3.63, 3.8) is 0 Å². The fourth-order valence-corrected chi connectivity index (χ4v) is 3.02. The van der Waals surface area contributed by atoms with Gasteiger partial charge in [0.2, 0.25) is 0 Å². The van der Waals surface area contributed by atoms with E-state index in [1.165, 1.54) is 5.56 Å². The molecular formula is C23H22N2O. The number of nitrogens with zero attached hydrogens (tertiary/aromatic N) is 1. The molecule has 0 radical (unpaired) electrons. The fourth-order valence-electron chi connectivity index (χ4n) is 3.02. The first kappa shape index (κ1) is 17.6. The molecule has 0 aliphatic carbocycles. The molecule has 1 unspecified atom stereocenters. The molecule has 0 aliphatic heterocycles. The van der Waals surface area contributed by atoms with Crippen LogP contribution in [0.4, 0.5) is 0 Å². The quantitative estimate of drug-likeness (QED) is 0.668. The number of carbonyl (C=O) groups excluding carboxylic acids is 1. The zero-order valence-electron chi connectivity index (χ0n) is 14.6. The second-order valence-corrected chi connectivity index (χ2v) is 6.12. The standard InChI is InChI=1S/C23H22N2O/c1-2-19-10-6-7-11-21(19)22(13-12-18-8-4-3-5-9-18)25-23(26)20-14-16-24-17-15-20/h2-11,14-17,22H,1,12-13H2,(H,25,26). The molecule has 1 aromatic heterocycles. The highest BCUT2D eigenvalue weighted by Crippen LogP contribution is 2.24. The van der Waals surface area contributed by atoms with E-state index in [0.29, 0.717) is 5.56 Å². The van der Waals surface area contributed by atoms with Gasteiger partial charge in [0.05, 0.1) is 6.04 Å². The van der Waals surface area contributed by atoms with Gasteiger partial charge in [-0.25, -0.2) is 0 Å². The summed E-state index contributed by atoms with van der Waals surface area (Å²) in [5.41, 5.74) is 3.99. The third kappa shape index (κ3) is 4.45. The first-order valence-electron chi connectivity index (χ1n) is 8.74. The number of nitrogens with one attached hydrogen (secondary N) is 1. The third-order valence-corrected chi connectivity index (χ3v) is 4.40. The van der Waals surface area contributed by atoms with Gasteiger partial charge in [-0.05, 0) is 41.7 Å². The molecule has 0 aliphatic rings. The van der Waals surface area contributed by atoms with Crippen LogP contribution in [0, 0.1) is 0 Å². The minimum Gasteiger partial charge on any atom is -0.345 e. The molecule has 0 saturated heterocycles. The molecule has 130 valence electrons. The molecule has 0 spiro atoms. The second-order valence-electron chi connectivity index (χ2n) is 6.12. The summed E-state index contributed by atoms with van der Waals surface area (Å²) in [6.45, 7) is 3.91. The van der Waals surface area contributed by atoms with E-state index < -0.39 is 0 Å². The van der Waals surface area contributed by atoms with Gasteiger partial charge in [-0.2, -0.15) is 0 Å². The molecule has 0 bridgehead atoms. The van der Waals surface area contributed by atoms with E-state index in [0.717, 1.165) is 24.0 Å². The van der Waals surface area contributed by atoms with Gasteiger partial charge in [-0.3, -0.25) is 9.78 Å². The van der Waals surface area contributed by atoms with Crippen molar-refractivity contribution in [1.82, 2.24) is 10.3 Å². The smallest absolute Gasteiger partial charge is 0.251 e. The van der Waals surface area contributed by atoms with Gasteiger partial charge >= 0.3 is 0 Å². The molecule has 3 heteroatoms. The SMILES string of the molecule is C=Cc1ccccc1C(CCc1ccccc1)NC(=O)c1ccncc1. The van der Waals surface area contributed by atoms with E-state index in [4.69, 9.17) is 0 Å². The molecule has 3 rings (SSSR count). The van der Waals surface area contributed by atoms with Crippen molar-refractivity contribution in [3.05, 3.63) is 108 Å². The van der Waals surface area contributed by atoms with Gasteiger partial charge in [0, 0.05) is 18.0 Å². The Morgan fingerprint density at radius 1 is 1.00 bits per heavy atom.